The molecule has 2 amide bonds. The van der Waals surface area contributed by atoms with Crippen molar-refractivity contribution in [1.82, 2.24) is 0 Å². The summed E-state index contributed by atoms with van der Waals surface area (Å²) < 4.78 is 5.38. The van der Waals surface area contributed by atoms with Gasteiger partial charge in [-0.05, 0) is 68.3 Å². The Kier molecular flexibility index (Phi) is 5.11. The number of benzene rings is 2. The Balaban J connectivity index is 1.63. The average Bonchev–Trinajstić information content (AvgIpc) is 2.59. The molecule has 1 heterocycles. The fourth-order valence-corrected chi connectivity index (χ4v) is 2.85. The summed E-state index contributed by atoms with van der Waals surface area (Å²) in [6, 6.07) is 10.5. The zero-order valence-corrected chi connectivity index (χ0v) is 15.2. The van der Waals surface area contributed by atoms with Crippen molar-refractivity contribution in [3.8, 4) is 5.75 Å². The van der Waals surface area contributed by atoms with Crippen LogP contribution in [0, 0.1) is 13.8 Å². The number of nitrogens with one attached hydrogen (secondary N) is 3. The number of carbonyl (C=O) groups excluding carboxylic acids is 2. The standard InChI is InChI=1S/C20H23N3O3/c1-4-26-15-7-5-14(6-8-15)21-19(24)11-18-20(25)23-17-10-13(3)12(2)9-16(17)22-18/h5-10,18,22H,4,11H2,1-3H3,(H,21,24)(H,23,25)/t18-/m0/s1. The van der Waals surface area contributed by atoms with Crippen molar-refractivity contribution in [2.75, 3.05) is 22.6 Å². The van der Waals surface area contributed by atoms with Crippen molar-refractivity contribution < 1.29 is 14.3 Å². The predicted octanol–water partition coefficient (Wildman–Crippen LogP) is 3.46. The largest absolute Gasteiger partial charge is 0.494 e. The van der Waals surface area contributed by atoms with E-state index >= 15 is 0 Å². The molecular weight excluding hydrogens is 330 g/mol. The molecule has 6 nitrogen and oxygen atoms in total. The van der Waals surface area contributed by atoms with E-state index in [1.807, 2.05) is 32.9 Å². The van der Waals surface area contributed by atoms with Gasteiger partial charge in [0.1, 0.15) is 11.8 Å². The lowest BCUT2D eigenvalue weighted by Gasteiger charge is -2.27. The highest BCUT2D eigenvalue weighted by molar-refractivity contribution is 6.06. The summed E-state index contributed by atoms with van der Waals surface area (Å²) >= 11 is 0. The maximum absolute atomic E-state index is 12.3. The highest BCUT2D eigenvalue weighted by atomic mass is 16.5. The molecule has 1 atom stereocenters. The number of anilines is 3. The van der Waals surface area contributed by atoms with Gasteiger partial charge in [-0.3, -0.25) is 9.59 Å². The highest BCUT2D eigenvalue weighted by Crippen LogP contribution is 2.30. The minimum atomic E-state index is -0.604. The molecule has 6 heteroatoms. The van der Waals surface area contributed by atoms with E-state index in [9.17, 15) is 9.59 Å². The molecule has 3 rings (SSSR count). The smallest absolute Gasteiger partial charge is 0.247 e. The van der Waals surface area contributed by atoms with E-state index in [2.05, 4.69) is 16.0 Å². The third-order valence-corrected chi connectivity index (χ3v) is 4.38. The summed E-state index contributed by atoms with van der Waals surface area (Å²) in [7, 11) is 0. The quantitative estimate of drug-likeness (QED) is 0.769. The summed E-state index contributed by atoms with van der Waals surface area (Å²) in [6.07, 6.45) is 0.0470. The summed E-state index contributed by atoms with van der Waals surface area (Å²) in [6.45, 7) is 6.52. The second kappa shape index (κ2) is 7.47. The number of rotatable bonds is 5. The molecule has 0 unspecified atom stereocenters. The van der Waals surface area contributed by atoms with E-state index in [1.165, 1.54) is 0 Å². The van der Waals surface area contributed by atoms with Gasteiger partial charge < -0.3 is 20.7 Å². The van der Waals surface area contributed by atoms with Gasteiger partial charge in [-0.15, -0.1) is 0 Å². The van der Waals surface area contributed by atoms with Gasteiger partial charge in [-0.2, -0.15) is 0 Å². The first kappa shape index (κ1) is 17.8. The maximum Gasteiger partial charge on any atom is 0.247 e. The monoisotopic (exact) mass is 353 g/mol. The number of fused-ring (bicyclic) bond motifs is 1. The zero-order chi connectivity index (χ0) is 18.7. The number of amides is 2. The summed E-state index contributed by atoms with van der Waals surface area (Å²) in [5.74, 6) is 0.317. The second-order valence-electron chi connectivity index (χ2n) is 6.38. The lowest BCUT2D eigenvalue weighted by atomic mass is 10.0. The van der Waals surface area contributed by atoms with E-state index in [1.54, 1.807) is 24.3 Å². The van der Waals surface area contributed by atoms with Crippen LogP contribution in [0.4, 0.5) is 17.1 Å². The minimum Gasteiger partial charge on any atom is -0.494 e. The topological polar surface area (TPSA) is 79.5 Å². The van der Waals surface area contributed by atoms with Crippen LogP contribution in [-0.4, -0.2) is 24.5 Å². The number of aryl methyl sites for hydroxylation is 2. The number of hydrogen-bond acceptors (Lipinski definition) is 4. The lowest BCUT2D eigenvalue weighted by Crippen LogP contribution is -2.41. The van der Waals surface area contributed by atoms with Gasteiger partial charge in [-0.25, -0.2) is 0 Å². The van der Waals surface area contributed by atoms with Crippen molar-refractivity contribution >= 4 is 28.9 Å². The lowest BCUT2D eigenvalue weighted by molar-refractivity contribution is -0.122. The second-order valence-corrected chi connectivity index (χ2v) is 6.38. The van der Waals surface area contributed by atoms with Crippen LogP contribution in [0.2, 0.25) is 0 Å². The number of hydrogen-bond donors (Lipinski definition) is 3. The van der Waals surface area contributed by atoms with Crippen LogP contribution >= 0.6 is 0 Å². The summed E-state index contributed by atoms with van der Waals surface area (Å²) in [5.41, 5.74) is 4.50. The number of ether oxygens (including phenoxy) is 1. The molecule has 1 aliphatic heterocycles. The highest BCUT2D eigenvalue weighted by Gasteiger charge is 2.27. The third-order valence-electron chi connectivity index (χ3n) is 4.38. The van der Waals surface area contributed by atoms with Crippen LogP contribution in [0.3, 0.4) is 0 Å². The SMILES string of the molecule is CCOc1ccc(NC(=O)C[C@@H]2Nc3cc(C)c(C)cc3NC2=O)cc1. The first-order chi connectivity index (χ1) is 12.5. The molecule has 2 aromatic carbocycles. The Morgan fingerprint density at radius 3 is 2.42 bits per heavy atom. The third kappa shape index (κ3) is 3.96. The van der Waals surface area contributed by atoms with Crippen LogP contribution in [0.1, 0.15) is 24.5 Å². The van der Waals surface area contributed by atoms with Gasteiger partial charge in [0.2, 0.25) is 11.8 Å². The molecule has 0 spiro atoms. The van der Waals surface area contributed by atoms with Gasteiger partial charge in [0.25, 0.3) is 0 Å². The molecule has 3 N–H and O–H groups in total. The molecular formula is C20H23N3O3. The molecule has 0 bridgehead atoms. The number of carbonyl (C=O) groups is 2. The van der Waals surface area contributed by atoms with E-state index < -0.39 is 6.04 Å². The molecule has 0 aliphatic carbocycles. The van der Waals surface area contributed by atoms with Crippen LogP contribution in [0.15, 0.2) is 36.4 Å². The molecule has 0 radical (unpaired) electrons. The Labute approximate surface area is 152 Å². The van der Waals surface area contributed by atoms with Crippen molar-refractivity contribution in [3.63, 3.8) is 0 Å². The first-order valence-corrected chi connectivity index (χ1v) is 8.67. The fourth-order valence-electron chi connectivity index (χ4n) is 2.85. The minimum absolute atomic E-state index is 0.0470. The van der Waals surface area contributed by atoms with Crippen molar-refractivity contribution in [2.24, 2.45) is 0 Å². The van der Waals surface area contributed by atoms with Crippen LogP contribution < -0.4 is 20.7 Å². The first-order valence-electron chi connectivity index (χ1n) is 8.67. The van der Waals surface area contributed by atoms with Crippen LogP contribution in [-0.2, 0) is 9.59 Å². The van der Waals surface area contributed by atoms with E-state index in [-0.39, 0.29) is 18.2 Å². The van der Waals surface area contributed by atoms with Crippen molar-refractivity contribution in [2.45, 2.75) is 33.2 Å². The van der Waals surface area contributed by atoms with E-state index in [4.69, 9.17) is 4.74 Å². The molecule has 0 saturated heterocycles. The van der Waals surface area contributed by atoms with Gasteiger partial charge in [0.15, 0.2) is 0 Å². The normalized spacial score (nSPS) is 15.5. The molecule has 0 fully saturated rings. The molecule has 136 valence electrons. The molecule has 1 aliphatic rings. The van der Waals surface area contributed by atoms with Crippen molar-refractivity contribution in [1.29, 1.82) is 0 Å². The summed E-state index contributed by atoms with van der Waals surface area (Å²) in [5, 5.41) is 8.84. The Bertz CT molecular complexity index is 831. The maximum atomic E-state index is 12.3. The summed E-state index contributed by atoms with van der Waals surface area (Å²) in [4.78, 5) is 24.6. The van der Waals surface area contributed by atoms with Crippen LogP contribution in [0.25, 0.3) is 0 Å². The van der Waals surface area contributed by atoms with Gasteiger partial charge in [-0.1, -0.05) is 0 Å². The van der Waals surface area contributed by atoms with Gasteiger partial charge in [0, 0.05) is 5.69 Å². The van der Waals surface area contributed by atoms with Crippen molar-refractivity contribution in [3.05, 3.63) is 47.5 Å². The van der Waals surface area contributed by atoms with E-state index in [0.29, 0.717) is 12.3 Å². The van der Waals surface area contributed by atoms with Crippen LogP contribution in [0.5, 0.6) is 5.75 Å². The molecule has 2 aromatic rings. The molecule has 26 heavy (non-hydrogen) atoms. The Morgan fingerprint density at radius 1 is 1.12 bits per heavy atom. The van der Waals surface area contributed by atoms with E-state index in [0.717, 1.165) is 28.3 Å². The Morgan fingerprint density at radius 2 is 1.77 bits per heavy atom. The molecule has 0 saturated carbocycles. The molecule has 0 aromatic heterocycles. The van der Waals surface area contributed by atoms with Gasteiger partial charge in [0.05, 0.1) is 24.4 Å². The predicted molar refractivity (Wildman–Crippen MR) is 103 cm³/mol. The Hall–Kier alpha value is -3.02. The fraction of sp³-hybridized carbons (Fsp3) is 0.300. The van der Waals surface area contributed by atoms with Gasteiger partial charge >= 0.3 is 0 Å². The average molecular weight is 353 g/mol. The zero-order valence-electron chi connectivity index (χ0n) is 15.2.